The van der Waals surface area contributed by atoms with Gasteiger partial charge in [-0.15, -0.1) is 0 Å². The zero-order valence-corrected chi connectivity index (χ0v) is 5.75. The molecule has 42 valence electrons. The lowest BCUT2D eigenvalue weighted by Crippen LogP contribution is -2.29. The van der Waals surface area contributed by atoms with Crippen LogP contribution in [0.15, 0.2) is 0 Å². The third kappa shape index (κ3) is 2.95. The summed E-state index contributed by atoms with van der Waals surface area (Å²) in [5.41, 5.74) is 5.01. The molecule has 0 aromatic heterocycles. The number of aliphatic hydroxyl groups is 1. The van der Waals surface area contributed by atoms with Crippen molar-refractivity contribution in [3.8, 4) is 0 Å². The first kappa shape index (κ1) is 7.32. The summed E-state index contributed by atoms with van der Waals surface area (Å²) in [6.07, 6.45) is 0. The summed E-state index contributed by atoms with van der Waals surface area (Å²) in [5.74, 6) is 0. The van der Waals surface area contributed by atoms with Crippen molar-refractivity contribution in [2.45, 2.75) is 6.04 Å². The average molecular weight is 215 g/mol. The van der Waals surface area contributed by atoms with Gasteiger partial charge in [-0.25, -0.2) is 0 Å². The summed E-state index contributed by atoms with van der Waals surface area (Å²) in [7, 11) is 0. The van der Waals surface area contributed by atoms with Crippen LogP contribution in [0.4, 0.5) is 0 Å². The second-order valence-corrected chi connectivity index (χ2v) is 2.16. The molecular weight excluding hydrogens is 209 g/mol. The van der Waals surface area contributed by atoms with E-state index < -0.39 is 6.04 Å². The van der Waals surface area contributed by atoms with Crippen molar-refractivity contribution in [2.75, 3.05) is 6.61 Å². The van der Waals surface area contributed by atoms with Crippen LogP contribution >= 0.6 is 22.6 Å². The molecule has 0 aliphatic heterocycles. The smallest absolute Gasteiger partial charge is 0.211 e. The number of hydrogen-bond acceptors (Lipinski definition) is 3. The number of carbonyl (C=O) groups is 1. The zero-order valence-electron chi connectivity index (χ0n) is 3.60. The molecule has 1 atom stereocenters. The third-order valence-electron chi connectivity index (χ3n) is 0.488. The van der Waals surface area contributed by atoms with Gasteiger partial charge >= 0.3 is 0 Å². The van der Waals surface area contributed by atoms with E-state index in [1.54, 1.807) is 22.6 Å². The topological polar surface area (TPSA) is 63.3 Å². The molecule has 0 radical (unpaired) electrons. The van der Waals surface area contributed by atoms with Gasteiger partial charge in [0.1, 0.15) is 0 Å². The average Bonchev–Trinajstić information content (AvgIpc) is 1.65. The highest BCUT2D eigenvalue weighted by molar-refractivity contribution is 14.1. The first-order valence-electron chi connectivity index (χ1n) is 1.74. The van der Waals surface area contributed by atoms with Gasteiger partial charge in [0.15, 0.2) is 0 Å². The van der Waals surface area contributed by atoms with Gasteiger partial charge in [-0.05, 0) is 0 Å². The van der Waals surface area contributed by atoms with Gasteiger partial charge in [-0.2, -0.15) is 0 Å². The Morgan fingerprint density at radius 3 is 2.43 bits per heavy atom. The summed E-state index contributed by atoms with van der Waals surface area (Å²) in [6.45, 7) is -0.262. The molecule has 0 unspecified atom stereocenters. The minimum absolute atomic E-state index is 0.208. The molecule has 0 amide bonds. The largest absolute Gasteiger partial charge is 0.394 e. The zero-order chi connectivity index (χ0) is 5.86. The third-order valence-corrected chi connectivity index (χ3v) is 1.29. The Balaban J connectivity index is 3.34. The van der Waals surface area contributed by atoms with Crippen LogP contribution in [-0.2, 0) is 4.79 Å². The lowest BCUT2D eigenvalue weighted by molar-refractivity contribution is -0.111. The fourth-order valence-corrected chi connectivity index (χ4v) is 0.269. The molecule has 7 heavy (non-hydrogen) atoms. The van der Waals surface area contributed by atoms with Gasteiger partial charge in [0, 0.05) is 22.6 Å². The molecule has 0 saturated carbocycles. The van der Waals surface area contributed by atoms with Crippen molar-refractivity contribution in [3.63, 3.8) is 0 Å². The maximum atomic E-state index is 10.1. The standard InChI is InChI=1S/C3H6INO2/c4-3(7)2(5)1-6/h2,6H,1,5H2/t2-/m0/s1. The number of nitrogens with two attached hydrogens (primary N) is 1. The highest BCUT2D eigenvalue weighted by atomic mass is 127. The van der Waals surface area contributed by atoms with Gasteiger partial charge in [-0.1, -0.05) is 0 Å². The minimum atomic E-state index is -0.694. The van der Waals surface area contributed by atoms with E-state index in [2.05, 4.69) is 0 Å². The van der Waals surface area contributed by atoms with Crippen molar-refractivity contribution in [3.05, 3.63) is 0 Å². The molecule has 0 aromatic rings. The van der Waals surface area contributed by atoms with Crippen LogP contribution in [0, 0.1) is 0 Å². The molecule has 0 rings (SSSR count). The second kappa shape index (κ2) is 3.34. The number of halogens is 1. The Kier molecular flexibility index (Phi) is 3.49. The fraction of sp³-hybridized carbons (Fsp3) is 0.667. The van der Waals surface area contributed by atoms with Gasteiger partial charge in [0.05, 0.1) is 12.6 Å². The van der Waals surface area contributed by atoms with E-state index in [9.17, 15) is 4.79 Å². The van der Waals surface area contributed by atoms with Gasteiger partial charge in [0.25, 0.3) is 0 Å². The van der Waals surface area contributed by atoms with E-state index in [0.717, 1.165) is 0 Å². The van der Waals surface area contributed by atoms with E-state index in [0.29, 0.717) is 0 Å². The highest BCUT2D eigenvalue weighted by Gasteiger charge is 2.05. The Bertz CT molecular complexity index is 75.3. The lowest BCUT2D eigenvalue weighted by atomic mass is 10.4. The monoisotopic (exact) mass is 215 g/mol. The molecule has 4 heteroatoms. The Hall–Kier alpha value is 0.320. The molecule has 3 nitrogen and oxygen atoms in total. The van der Waals surface area contributed by atoms with Crippen LogP contribution in [0.3, 0.4) is 0 Å². The van der Waals surface area contributed by atoms with E-state index in [4.69, 9.17) is 10.8 Å². The van der Waals surface area contributed by atoms with Crippen LogP contribution in [-0.4, -0.2) is 21.5 Å². The van der Waals surface area contributed by atoms with Crippen LogP contribution in [0.2, 0.25) is 0 Å². The Morgan fingerprint density at radius 2 is 2.43 bits per heavy atom. The molecular formula is C3H6INO2. The predicted molar refractivity (Wildman–Crippen MR) is 34.1 cm³/mol. The molecule has 0 bridgehead atoms. The van der Waals surface area contributed by atoms with E-state index in [1.165, 1.54) is 0 Å². The SMILES string of the molecule is N[C@@H](CO)C(=O)I. The van der Waals surface area contributed by atoms with Crippen LogP contribution in [0.5, 0.6) is 0 Å². The minimum Gasteiger partial charge on any atom is -0.394 e. The Morgan fingerprint density at radius 1 is 2.00 bits per heavy atom. The van der Waals surface area contributed by atoms with Gasteiger partial charge < -0.3 is 10.8 Å². The maximum Gasteiger partial charge on any atom is 0.211 e. The molecule has 0 spiro atoms. The molecule has 0 aliphatic rings. The summed E-state index contributed by atoms with van der Waals surface area (Å²) in [4.78, 5) is 10.1. The normalized spacial score (nSPS) is 13.6. The quantitative estimate of drug-likeness (QED) is 0.471. The first-order chi connectivity index (χ1) is 3.18. The summed E-state index contributed by atoms with van der Waals surface area (Å²) >= 11 is 1.54. The van der Waals surface area contributed by atoms with Crippen molar-refractivity contribution < 1.29 is 9.90 Å². The molecule has 0 aliphatic carbocycles. The highest BCUT2D eigenvalue weighted by Crippen LogP contribution is 1.88. The Labute approximate surface area is 55.0 Å². The van der Waals surface area contributed by atoms with Gasteiger partial charge in [-0.3, -0.25) is 4.79 Å². The fourth-order valence-electron chi connectivity index (χ4n) is 0.0718. The number of aliphatic hydroxyl groups excluding tert-OH is 1. The molecule has 0 aromatic carbocycles. The molecule has 0 saturated heterocycles. The van der Waals surface area contributed by atoms with E-state index in [1.807, 2.05) is 0 Å². The van der Waals surface area contributed by atoms with Gasteiger partial charge in [0.2, 0.25) is 3.79 Å². The number of rotatable bonds is 2. The molecule has 3 N–H and O–H groups in total. The van der Waals surface area contributed by atoms with E-state index in [-0.39, 0.29) is 10.4 Å². The molecule has 0 fully saturated rings. The van der Waals surface area contributed by atoms with E-state index >= 15 is 0 Å². The molecule has 0 heterocycles. The van der Waals surface area contributed by atoms with Crippen molar-refractivity contribution in [2.24, 2.45) is 5.73 Å². The number of hydrogen-bond donors (Lipinski definition) is 2. The number of carbonyl (C=O) groups excluding carboxylic acids is 1. The lowest BCUT2D eigenvalue weighted by Gasteiger charge is -1.96. The summed E-state index contributed by atoms with van der Waals surface area (Å²) in [6, 6.07) is -0.694. The first-order valence-corrected chi connectivity index (χ1v) is 2.82. The van der Waals surface area contributed by atoms with Crippen molar-refractivity contribution in [1.82, 2.24) is 0 Å². The van der Waals surface area contributed by atoms with Crippen LogP contribution in [0.25, 0.3) is 0 Å². The van der Waals surface area contributed by atoms with Crippen molar-refractivity contribution in [1.29, 1.82) is 0 Å². The second-order valence-electron chi connectivity index (χ2n) is 1.09. The maximum absolute atomic E-state index is 10.1. The van der Waals surface area contributed by atoms with Crippen molar-refractivity contribution >= 4 is 26.4 Å². The summed E-state index contributed by atoms with van der Waals surface area (Å²) < 4.78 is -0.208. The summed E-state index contributed by atoms with van der Waals surface area (Å²) in [5, 5.41) is 8.15. The predicted octanol–water partition coefficient (Wildman–Crippen LogP) is -0.732. The van der Waals surface area contributed by atoms with Crippen LogP contribution in [0.1, 0.15) is 0 Å². The van der Waals surface area contributed by atoms with Crippen LogP contribution < -0.4 is 5.73 Å².